The standard InChI is InChI=1S/C11H11N3O5S/c1-7-6-10(14-19-7)13-11(15)12-8-2-4-9(5-3-8)20(16,17)18/h2-6H,1H3,(H,16,17,18)(H2,12,13,14,15). The van der Waals surface area contributed by atoms with Crippen LogP contribution in [0.15, 0.2) is 39.8 Å². The van der Waals surface area contributed by atoms with Crippen LogP contribution in [0.5, 0.6) is 0 Å². The van der Waals surface area contributed by atoms with Crippen LogP contribution >= 0.6 is 0 Å². The third kappa shape index (κ3) is 3.56. The lowest BCUT2D eigenvalue weighted by molar-refractivity contribution is 0.262. The molecule has 0 saturated carbocycles. The predicted octanol–water partition coefficient (Wildman–Crippen LogP) is 1.87. The highest BCUT2D eigenvalue weighted by Gasteiger charge is 2.10. The van der Waals surface area contributed by atoms with Gasteiger partial charge in [0.1, 0.15) is 5.76 Å². The van der Waals surface area contributed by atoms with Gasteiger partial charge in [0, 0.05) is 11.8 Å². The zero-order chi connectivity index (χ0) is 14.8. The Labute approximate surface area is 114 Å². The maximum Gasteiger partial charge on any atom is 0.324 e. The summed E-state index contributed by atoms with van der Waals surface area (Å²) in [7, 11) is -4.24. The Hall–Kier alpha value is -2.39. The fraction of sp³-hybridized carbons (Fsp3) is 0.0909. The molecule has 0 aliphatic carbocycles. The maximum atomic E-state index is 11.6. The van der Waals surface area contributed by atoms with Crippen LogP contribution < -0.4 is 10.6 Å². The van der Waals surface area contributed by atoms with Crippen molar-refractivity contribution in [1.29, 1.82) is 0 Å². The fourth-order valence-electron chi connectivity index (χ4n) is 1.41. The van der Waals surface area contributed by atoms with Crippen LogP contribution in [0.1, 0.15) is 5.76 Å². The van der Waals surface area contributed by atoms with E-state index in [0.717, 1.165) is 0 Å². The minimum absolute atomic E-state index is 0.254. The SMILES string of the molecule is Cc1cc(NC(=O)Nc2ccc(S(=O)(=O)O)cc2)no1. The van der Waals surface area contributed by atoms with E-state index in [4.69, 9.17) is 9.08 Å². The van der Waals surface area contributed by atoms with E-state index in [0.29, 0.717) is 11.4 Å². The number of hydrogen-bond donors (Lipinski definition) is 3. The van der Waals surface area contributed by atoms with E-state index in [1.54, 1.807) is 13.0 Å². The molecule has 0 aliphatic heterocycles. The minimum atomic E-state index is -4.24. The van der Waals surface area contributed by atoms with Crippen LogP contribution in [-0.2, 0) is 10.1 Å². The molecule has 0 saturated heterocycles. The molecule has 0 aliphatic rings. The van der Waals surface area contributed by atoms with Crippen molar-refractivity contribution in [3.05, 3.63) is 36.1 Å². The molecule has 2 aromatic rings. The van der Waals surface area contributed by atoms with Gasteiger partial charge in [-0.25, -0.2) is 4.79 Å². The summed E-state index contributed by atoms with van der Waals surface area (Å²) in [6.07, 6.45) is 0. The molecular formula is C11H11N3O5S. The van der Waals surface area contributed by atoms with Crippen molar-refractivity contribution >= 4 is 27.7 Å². The largest absolute Gasteiger partial charge is 0.360 e. The number of urea groups is 1. The number of nitrogens with one attached hydrogen (secondary N) is 2. The molecule has 2 amide bonds. The second kappa shape index (κ2) is 5.31. The van der Waals surface area contributed by atoms with Gasteiger partial charge in [-0.1, -0.05) is 5.16 Å². The summed E-state index contributed by atoms with van der Waals surface area (Å²) in [5, 5.41) is 8.49. The molecule has 106 valence electrons. The van der Waals surface area contributed by atoms with Crippen molar-refractivity contribution in [2.24, 2.45) is 0 Å². The Balaban J connectivity index is 2.01. The molecule has 0 atom stereocenters. The summed E-state index contributed by atoms with van der Waals surface area (Å²) < 4.78 is 35.3. The highest BCUT2D eigenvalue weighted by atomic mass is 32.2. The summed E-state index contributed by atoms with van der Waals surface area (Å²) in [4.78, 5) is 11.3. The quantitative estimate of drug-likeness (QED) is 0.743. The van der Waals surface area contributed by atoms with Crippen molar-refractivity contribution in [1.82, 2.24) is 5.16 Å². The van der Waals surface area contributed by atoms with E-state index in [1.807, 2.05) is 0 Å². The van der Waals surface area contributed by atoms with Crippen LogP contribution in [0.25, 0.3) is 0 Å². The van der Waals surface area contributed by atoms with Crippen molar-refractivity contribution in [2.75, 3.05) is 10.6 Å². The Morgan fingerprint density at radius 2 is 1.90 bits per heavy atom. The highest BCUT2D eigenvalue weighted by Crippen LogP contribution is 2.14. The van der Waals surface area contributed by atoms with E-state index in [9.17, 15) is 13.2 Å². The zero-order valence-corrected chi connectivity index (χ0v) is 11.1. The molecule has 9 heteroatoms. The molecule has 0 bridgehead atoms. The first-order valence-corrected chi connectivity index (χ1v) is 6.87. The van der Waals surface area contributed by atoms with Crippen molar-refractivity contribution in [3.63, 3.8) is 0 Å². The van der Waals surface area contributed by atoms with Crippen LogP contribution in [0.3, 0.4) is 0 Å². The lowest BCUT2D eigenvalue weighted by Gasteiger charge is -2.05. The number of benzene rings is 1. The molecule has 8 nitrogen and oxygen atoms in total. The first-order valence-electron chi connectivity index (χ1n) is 5.43. The highest BCUT2D eigenvalue weighted by molar-refractivity contribution is 7.85. The third-order valence-corrected chi connectivity index (χ3v) is 3.15. The number of aromatic nitrogens is 1. The van der Waals surface area contributed by atoms with Crippen molar-refractivity contribution in [2.45, 2.75) is 11.8 Å². The summed E-state index contributed by atoms with van der Waals surface area (Å²) >= 11 is 0. The van der Waals surface area contributed by atoms with E-state index >= 15 is 0 Å². The van der Waals surface area contributed by atoms with Gasteiger partial charge in [0.25, 0.3) is 10.1 Å². The van der Waals surface area contributed by atoms with Gasteiger partial charge in [0.15, 0.2) is 5.82 Å². The number of anilines is 2. The van der Waals surface area contributed by atoms with Crippen molar-refractivity contribution < 1.29 is 22.3 Å². The fourth-order valence-corrected chi connectivity index (χ4v) is 1.89. The van der Waals surface area contributed by atoms with Gasteiger partial charge in [-0.05, 0) is 31.2 Å². The van der Waals surface area contributed by atoms with Gasteiger partial charge in [0.05, 0.1) is 4.90 Å². The Morgan fingerprint density at radius 3 is 2.40 bits per heavy atom. The lowest BCUT2D eigenvalue weighted by Crippen LogP contribution is -2.19. The molecule has 1 heterocycles. The smallest absolute Gasteiger partial charge is 0.324 e. The van der Waals surface area contributed by atoms with Gasteiger partial charge < -0.3 is 9.84 Å². The number of carbonyl (C=O) groups excluding carboxylic acids is 1. The topological polar surface area (TPSA) is 122 Å². The zero-order valence-electron chi connectivity index (χ0n) is 10.3. The summed E-state index contributed by atoms with van der Waals surface area (Å²) in [5.74, 6) is 0.812. The summed E-state index contributed by atoms with van der Waals surface area (Å²) in [6.45, 7) is 1.68. The normalized spacial score (nSPS) is 11.1. The molecule has 0 fully saturated rings. The number of carbonyl (C=O) groups is 1. The van der Waals surface area contributed by atoms with Crippen LogP contribution in [0.4, 0.5) is 16.3 Å². The van der Waals surface area contributed by atoms with Gasteiger partial charge in [0.2, 0.25) is 0 Å². The lowest BCUT2D eigenvalue weighted by atomic mass is 10.3. The van der Waals surface area contributed by atoms with Crippen LogP contribution in [0.2, 0.25) is 0 Å². The number of rotatable bonds is 3. The van der Waals surface area contributed by atoms with E-state index in [2.05, 4.69) is 15.8 Å². The molecule has 20 heavy (non-hydrogen) atoms. The molecule has 3 N–H and O–H groups in total. The number of amides is 2. The van der Waals surface area contributed by atoms with E-state index in [-0.39, 0.29) is 10.7 Å². The minimum Gasteiger partial charge on any atom is -0.360 e. The van der Waals surface area contributed by atoms with Gasteiger partial charge in [-0.2, -0.15) is 8.42 Å². The molecule has 0 spiro atoms. The number of hydrogen-bond acceptors (Lipinski definition) is 5. The Morgan fingerprint density at radius 1 is 1.25 bits per heavy atom. The number of aryl methyl sites for hydroxylation is 1. The Kier molecular flexibility index (Phi) is 3.72. The number of nitrogens with zero attached hydrogens (tertiary/aromatic N) is 1. The van der Waals surface area contributed by atoms with E-state index < -0.39 is 16.1 Å². The summed E-state index contributed by atoms with van der Waals surface area (Å²) in [5.41, 5.74) is 0.357. The monoisotopic (exact) mass is 297 g/mol. The van der Waals surface area contributed by atoms with Gasteiger partial charge in [-0.3, -0.25) is 9.87 Å². The molecule has 1 aromatic heterocycles. The maximum absolute atomic E-state index is 11.6. The Bertz CT molecular complexity index is 721. The second-order valence-corrected chi connectivity index (χ2v) is 5.32. The first-order chi connectivity index (χ1) is 9.34. The molecule has 2 rings (SSSR count). The average Bonchev–Trinajstić information content (AvgIpc) is 2.74. The van der Waals surface area contributed by atoms with Gasteiger partial charge in [-0.15, -0.1) is 0 Å². The second-order valence-electron chi connectivity index (χ2n) is 3.90. The van der Waals surface area contributed by atoms with E-state index in [1.165, 1.54) is 24.3 Å². The molecule has 0 unspecified atom stereocenters. The van der Waals surface area contributed by atoms with Crippen molar-refractivity contribution in [3.8, 4) is 0 Å². The third-order valence-electron chi connectivity index (χ3n) is 2.28. The molecular weight excluding hydrogens is 286 g/mol. The van der Waals surface area contributed by atoms with Crippen LogP contribution in [-0.4, -0.2) is 24.2 Å². The predicted molar refractivity (Wildman–Crippen MR) is 70.1 cm³/mol. The molecule has 0 radical (unpaired) electrons. The van der Waals surface area contributed by atoms with Gasteiger partial charge >= 0.3 is 6.03 Å². The first kappa shape index (κ1) is 14.0. The average molecular weight is 297 g/mol. The molecule has 1 aromatic carbocycles. The van der Waals surface area contributed by atoms with Crippen LogP contribution in [0, 0.1) is 6.92 Å². The summed E-state index contributed by atoms with van der Waals surface area (Å²) in [6, 6.07) is 6.02.